The van der Waals surface area contributed by atoms with Crippen molar-refractivity contribution in [2.45, 2.75) is 45.1 Å². The number of rotatable bonds is 6. The predicted octanol–water partition coefficient (Wildman–Crippen LogP) is 5.24. The lowest BCUT2D eigenvalue weighted by Gasteiger charge is -2.27. The first-order chi connectivity index (χ1) is 9.83. The van der Waals surface area contributed by atoms with Gasteiger partial charge >= 0.3 is 0 Å². The largest absolute Gasteiger partial charge is 0.373 e. The van der Waals surface area contributed by atoms with E-state index < -0.39 is 0 Å². The normalized spacial score (nSPS) is 23.1. The molecule has 1 fully saturated rings. The van der Waals surface area contributed by atoms with Crippen LogP contribution in [-0.2, 0) is 11.3 Å². The summed E-state index contributed by atoms with van der Waals surface area (Å²) >= 11 is 0. The van der Waals surface area contributed by atoms with Crippen LogP contribution in [0.2, 0.25) is 0 Å². The van der Waals surface area contributed by atoms with Crippen LogP contribution in [0.15, 0.2) is 49.1 Å². The highest BCUT2D eigenvalue weighted by molar-refractivity contribution is 5.25. The lowest BCUT2D eigenvalue weighted by molar-refractivity contribution is 0.149. The Morgan fingerprint density at radius 1 is 1.15 bits per heavy atom. The SMILES string of the molecule is C=CCOCc1ccc([C@H]2CC[C@H](C=CC)CC2)cc1. The minimum absolute atomic E-state index is 0.622. The van der Waals surface area contributed by atoms with Crippen molar-refractivity contribution in [2.75, 3.05) is 6.61 Å². The molecule has 0 spiro atoms. The number of hydrogen-bond acceptors (Lipinski definition) is 1. The zero-order valence-corrected chi connectivity index (χ0v) is 12.6. The molecule has 0 amide bonds. The van der Waals surface area contributed by atoms with Crippen LogP contribution in [0.4, 0.5) is 0 Å². The molecule has 0 atom stereocenters. The van der Waals surface area contributed by atoms with Gasteiger partial charge in [0.1, 0.15) is 0 Å². The quantitative estimate of drug-likeness (QED) is 0.507. The second kappa shape index (κ2) is 8.06. The molecule has 1 aliphatic rings. The molecule has 1 saturated carbocycles. The molecule has 0 heterocycles. The fourth-order valence-electron chi connectivity index (χ4n) is 3.06. The summed E-state index contributed by atoms with van der Waals surface area (Å²) in [7, 11) is 0. The summed E-state index contributed by atoms with van der Waals surface area (Å²) < 4.78 is 5.47. The van der Waals surface area contributed by atoms with E-state index in [1.807, 2.05) is 0 Å². The lowest BCUT2D eigenvalue weighted by atomic mass is 9.78. The summed E-state index contributed by atoms with van der Waals surface area (Å²) in [5.41, 5.74) is 2.75. The maximum absolute atomic E-state index is 5.47. The second-order valence-electron chi connectivity index (χ2n) is 5.68. The molecule has 1 aliphatic carbocycles. The van der Waals surface area contributed by atoms with Crippen molar-refractivity contribution in [3.63, 3.8) is 0 Å². The summed E-state index contributed by atoms with van der Waals surface area (Å²) in [5.74, 6) is 1.56. The standard InChI is InChI=1S/C19H26O/c1-3-5-16-6-10-18(11-7-16)19-12-8-17(9-13-19)15-20-14-4-2/h3-5,8-9,12-13,16,18H,2,6-7,10-11,14-15H2,1H3/t16-,18-. The Labute approximate surface area is 123 Å². The van der Waals surface area contributed by atoms with Crippen molar-refractivity contribution in [3.8, 4) is 0 Å². The molecular formula is C19H26O. The summed E-state index contributed by atoms with van der Waals surface area (Å²) in [4.78, 5) is 0. The molecule has 0 unspecified atom stereocenters. The van der Waals surface area contributed by atoms with E-state index in [9.17, 15) is 0 Å². The van der Waals surface area contributed by atoms with Crippen LogP contribution in [0.25, 0.3) is 0 Å². The van der Waals surface area contributed by atoms with Gasteiger partial charge in [-0.15, -0.1) is 6.58 Å². The molecule has 1 aromatic carbocycles. The Morgan fingerprint density at radius 3 is 2.45 bits per heavy atom. The maximum atomic E-state index is 5.47. The van der Waals surface area contributed by atoms with Gasteiger partial charge < -0.3 is 4.74 Å². The van der Waals surface area contributed by atoms with E-state index in [-0.39, 0.29) is 0 Å². The van der Waals surface area contributed by atoms with Crippen LogP contribution in [0.5, 0.6) is 0 Å². The number of allylic oxidation sites excluding steroid dienone is 2. The summed E-state index contributed by atoms with van der Waals surface area (Å²) in [5, 5.41) is 0. The zero-order chi connectivity index (χ0) is 14.2. The van der Waals surface area contributed by atoms with Gasteiger partial charge in [-0.05, 0) is 55.6 Å². The van der Waals surface area contributed by atoms with Gasteiger partial charge in [0.15, 0.2) is 0 Å². The van der Waals surface area contributed by atoms with E-state index in [0.717, 1.165) is 11.8 Å². The van der Waals surface area contributed by atoms with E-state index in [4.69, 9.17) is 4.74 Å². The van der Waals surface area contributed by atoms with E-state index in [1.54, 1.807) is 6.08 Å². The average molecular weight is 270 g/mol. The third-order valence-electron chi connectivity index (χ3n) is 4.19. The molecule has 108 valence electrons. The Bertz CT molecular complexity index is 422. The highest BCUT2D eigenvalue weighted by Gasteiger charge is 2.20. The van der Waals surface area contributed by atoms with Gasteiger partial charge in [-0.25, -0.2) is 0 Å². The molecule has 1 heteroatoms. The summed E-state index contributed by atoms with van der Waals surface area (Å²) in [6.45, 7) is 7.08. The van der Waals surface area contributed by atoms with E-state index in [2.05, 4.69) is 49.9 Å². The Morgan fingerprint density at radius 2 is 1.85 bits per heavy atom. The summed E-state index contributed by atoms with van der Waals surface area (Å²) in [6, 6.07) is 8.98. The molecule has 2 rings (SSSR count). The van der Waals surface area contributed by atoms with Crippen molar-refractivity contribution >= 4 is 0 Å². The third-order valence-corrected chi connectivity index (χ3v) is 4.19. The first-order valence-electron chi connectivity index (χ1n) is 7.73. The Hall–Kier alpha value is -1.34. The highest BCUT2D eigenvalue weighted by Crippen LogP contribution is 2.36. The van der Waals surface area contributed by atoms with Crippen LogP contribution < -0.4 is 0 Å². The Balaban J connectivity index is 1.86. The molecule has 0 N–H and O–H groups in total. The fraction of sp³-hybridized carbons (Fsp3) is 0.474. The molecule has 0 bridgehead atoms. The lowest BCUT2D eigenvalue weighted by Crippen LogP contribution is -2.11. The average Bonchev–Trinajstić information content (AvgIpc) is 2.49. The Kier molecular flexibility index (Phi) is 6.07. The second-order valence-corrected chi connectivity index (χ2v) is 5.68. The predicted molar refractivity (Wildman–Crippen MR) is 85.8 cm³/mol. The van der Waals surface area contributed by atoms with E-state index in [1.165, 1.54) is 36.8 Å². The first kappa shape index (κ1) is 15.1. The van der Waals surface area contributed by atoms with Gasteiger partial charge in [0, 0.05) is 0 Å². The number of ether oxygens (including phenoxy) is 1. The first-order valence-corrected chi connectivity index (χ1v) is 7.73. The van der Waals surface area contributed by atoms with Gasteiger partial charge in [0.25, 0.3) is 0 Å². The fourth-order valence-corrected chi connectivity index (χ4v) is 3.06. The van der Waals surface area contributed by atoms with Crippen molar-refractivity contribution < 1.29 is 4.74 Å². The van der Waals surface area contributed by atoms with Crippen molar-refractivity contribution in [1.29, 1.82) is 0 Å². The van der Waals surface area contributed by atoms with E-state index >= 15 is 0 Å². The van der Waals surface area contributed by atoms with Crippen LogP contribution in [0.1, 0.15) is 49.7 Å². The third kappa shape index (κ3) is 4.35. The summed E-state index contributed by atoms with van der Waals surface area (Å²) in [6.07, 6.45) is 11.7. The molecule has 20 heavy (non-hydrogen) atoms. The van der Waals surface area contributed by atoms with Gasteiger partial charge in [-0.3, -0.25) is 0 Å². The van der Waals surface area contributed by atoms with Crippen LogP contribution >= 0.6 is 0 Å². The van der Waals surface area contributed by atoms with Gasteiger partial charge in [-0.1, -0.05) is 42.5 Å². The smallest absolute Gasteiger partial charge is 0.0721 e. The van der Waals surface area contributed by atoms with Gasteiger partial charge in [0.05, 0.1) is 13.2 Å². The van der Waals surface area contributed by atoms with Gasteiger partial charge in [-0.2, -0.15) is 0 Å². The van der Waals surface area contributed by atoms with Crippen LogP contribution in [-0.4, -0.2) is 6.61 Å². The molecule has 1 aromatic rings. The van der Waals surface area contributed by atoms with Crippen molar-refractivity contribution in [3.05, 3.63) is 60.2 Å². The molecule has 0 radical (unpaired) electrons. The van der Waals surface area contributed by atoms with Gasteiger partial charge in [0.2, 0.25) is 0 Å². The monoisotopic (exact) mass is 270 g/mol. The van der Waals surface area contributed by atoms with Crippen LogP contribution in [0.3, 0.4) is 0 Å². The maximum Gasteiger partial charge on any atom is 0.0721 e. The molecular weight excluding hydrogens is 244 g/mol. The zero-order valence-electron chi connectivity index (χ0n) is 12.6. The van der Waals surface area contributed by atoms with Crippen molar-refractivity contribution in [2.24, 2.45) is 5.92 Å². The molecule has 0 aliphatic heterocycles. The molecule has 0 saturated heterocycles. The molecule has 1 nitrogen and oxygen atoms in total. The highest BCUT2D eigenvalue weighted by atomic mass is 16.5. The van der Waals surface area contributed by atoms with Crippen molar-refractivity contribution in [1.82, 2.24) is 0 Å². The topological polar surface area (TPSA) is 9.23 Å². The minimum Gasteiger partial charge on any atom is -0.373 e. The molecule has 0 aromatic heterocycles. The minimum atomic E-state index is 0.622. The van der Waals surface area contributed by atoms with Crippen LogP contribution in [0, 0.1) is 5.92 Å². The number of hydrogen-bond donors (Lipinski definition) is 0. The van der Waals surface area contributed by atoms with E-state index in [0.29, 0.717) is 13.2 Å². The number of benzene rings is 1.